The number of ether oxygens (including phenoxy) is 1. The fraction of sp³-hybridized carbons (Fsp3) is 0.211. The molecule has 1 aliphatic heterocycles. The first-order chi connectivity index (χ1) is 12.0. The van der Waals surface area contributed by atoms with Gasteiger partial charge in [-0.05, 0) is 41.5 Å². The predicted octanol–water partition coefficient (Wildman–Crippen LogP) is 2.17. The third-order valence-corrected chi connectivity index (χ3v) is 4.18. The van der Waals surface area contributed by atoms with Gasteiger partial charge >= 0.3 is 5.97 Å². The molecule has 1 aliphatic rings. The van der Waals surface area contributed by atoms with Crippen LogP contribution in [-0.2, 0) is 27.2 Å². The minimum absolute atomic E-state index is 0.0577. The van der Waals surface area contributed by atoms with Gasteiger partial charge in [-0.1, -0.05) is 12.1 Å². The van der Waals surface area contributed by atoms with Crippen LogP contribution >= 0.6 is 0 Å². The zero-order valence-corrected chi connectivity index (χ0v) is 14.0. The second-order valence-electron chi connectivity index (χ2n) is 5.89. The summed E-state index contributed by atoms with van der Waals surface area (Å²) in [5.74, 6) is -0.527. The van der Waals surface area contributed by atoms with Crippen LogP contribution < -0.4 is 10.2 Å². The molecule has 0 fully saturated rings. The summed E-state index contributed by atoms with van der Waals surface area (Å²) in [4.78, 5) is 36.9. The van der Waals surface area contributed by atoms with E-state index in [9.17, 15) is 14.4 Å². The Bertz CT molecular complexity index is 843. The van der Waals surface area contributed by atoms with Gasteiger partial charge < -0.3 is 15.0 Å². The van der Waals surface area contributed by atoms with Gasteiger partial charge in [0.05, 0.1) is 25.5 Å². The summed E-state index contributed by atoms with van der Waals surface area (Å²) >= 11 is 0. The number of carbonyl (C=O) groups excluding carboxylic acids is 3. The molecular weight excluding hydrogens is 320 g/mol. The number of benzene rings is 2. The number of nitrogens with one attached hydrogen (secondary N) is 1. The molecule has 0 aliphatic carbocycles. The van der Waals surface area contributed by atoms with Gasteiger partial charge in [-0.2, -0.15) is 0 Å². The van der Waals surface area contributed by atoms with Crippen LogP contribution in [0.2, 0.25) is 0 Å². The molecule has 0 aromatic heterocycles. The Morgan fingerprint density at radius 2 is 1.88 bits per heavy atom. The van der Waals surface area contributed by atoms with Crippen LogP contribution in [0.1, 0.15) is 21.5 Å². The molecule has 1 N–H and O–H groups in total. The fourth-order valence-electron chi connectivity index (χ4n) is 2.83. The van der Waals surface area contributed by atoms with E-state index in [1.54, 1.807) is 36.2 Å². The van der Waals surface area contributed by atoms with Crippen molar-refractivity contribution in [2.45, 2.75) is 12.8 Å². The number of rotatable bonds is 4. The van der Waals surface area contributed by atoms with Crippen LogP contribution in [0.3, 0.4) is 0 Å². The largest absolute Gasteiger partial charge is 0.465 e. The Kier molecular flexibility index (Phi) is 4.52. The average Bonchev–Trinajstić information content (AvgIpc) is 2.88. The van der Waals surface area contributed by atoms with Crippen molar-refractivity contribution in [1.82, 2.24) is 0 Å². The minimum Gasteiger partial charge on any atom is -0.465 e. The molecule has 128 valence electrons. The number of hydrogen-bond acceptors (Lipinski definition) is 4. The molecule has 0 radical (unpaired) electrons. The molecule has 2 aromatic rings. The van der Waals surface area contributed by atoms with E-state index in [1.807, 2.05) is 18.2 Å². The highest BCUT2D eigenvalue weighted by Crippen LogP contribution is 2.28. The average molecular weight is 338 g/mol. The van der Waals surface area contributed by atoms with E-state index in [0.29, 0.717) is 17.7 Å². The highest BCUT2D eigenvalue weighted by atomic mass is 16.5. The molecule has 0 bridgehead atoms. The van der Waals surface area contributed by atoms with Crippen molar-refractivity contribution in [2.24, 2.45) is 0 Å². The third kappa shape index (κ3) is 3.52. The lowest BCUT2D eigenvalue weighted by Crippen LogP contribution is -2.20. The monoisotopic (exact) mass is 338 g/mol. The summed E-state index contributed by atoms with van der Waals surface area (Å²) < 4.78 is 4.63. The molecule has 2 amide bonds. The Labute approximate surface area is 145 Å². The van der Waals surface area contributed by atoms with E-state index in [4.69, 9.17) is 0 Å². The van der Waals surface area contributed by atoms with Crippen LogP contribution in [0.15, 0.2) is 42.5 Å². The van der Waals surface area contributed by atoms with E-state index >= 15 is 0 Å². The first kappa shape index (κ1) is 16.7. The second kappa shape index (κ2) is 6.76. The lowest BCUT2D eigenvalue weighted by atomic mass is 10.1. The molecule has 0 atom stereocenters. The topological polar surface area (TPSA) is 75.7 Å². The van der Waals surface area contributed by atoms with Gasteiger partial charge in [0.2, 0.25) is 11.8 Å². The Balaban J connectivity index is 1.64. The third-order valence-electron chi connectivity index (χ3n) is 4.18. The summed E-state index contributed by atoms with van der Waals surface area (Å²) in [6, 6.07) is 12.1. The molecule has 25 heavy (non-hydrogen) atoms. The Morgan fingerprint density at radius 3 is 2.56 bits per heavy atom. The number of hydrogen-bond donors (Lipinski definition) is 1. The van der Waals surface area contributed by atoms with E-state index in [0.717, 1.165) is 16.8 Å². The van der Waals surface area contributed by atoms with Crippen LogP contribution in [0.25, 0.3) is 0 Å². The maximum atomic E-state index is 12.2. The quantitative estimate of drug-likeness (QED) is 0.867. The van der Waals surface area contributed by atoms with Gasteiger partial charge in [-0.3, -0.25) is 9.59 Å². The molecule has 0 unspecified atom stereocenters. The highest BCUT2D eigenvalue weighted by molar-refractivity contribution is 6.01. The molecule has 2 aromatic carbocycles. The van der Waals surface area contributed by atoms with E-state index in [1.165, 1.54) is 7.11 Å². The Hall–Kier alpha value is -3.15. The number of nitrogens with zero attached hydrogens (tertiary/aromatic N) is 1. The van der Waals surface area contributed by atoms with Crippen molar-refractivity contribution >= 4 is 29.2 Å². The number of fused-ring (bicyclic) bond motifs is 1. The van der Waals surface area contributed by atoms with Gasteiger partial charge in [0, 0.05) is 18.4 Å². The van der Waals surface area contributed by atoms with Gasteiger partial charge in [-0.15, -0.1) is 0 Å². The van der Waals surface area contributed by atoms with Crippen molar-refractivity contribution in [3.63, 3.8) is 0 Å². The minimum atomic E-state index is -0.421. The van der Waals surface area contributed by atoms with E-state index in [-0.39, 0.29) is 18.2 Å². The lowest BCUT2D eigenvalue weighted by molar-refractivity contribution is -0.117. The molecule has 1 heterocycles. The molecule has 6 heteroatoms. The van der Waals surface area contributed by atoms with Crippen LogP contribution in [0, 0.1) is 0 Å². The number of carbonyl (C=O) groups is 3. The van der Waals surface area contributed by atoms with Crippen LogP contribution in [0.5, 0.6) is 0 Å². The van der Waals surface area contributed by atoms with E-state index < -0.39 is 5.97 Å². The van der Waals surface area contributed by atoms with Crippen LogP contribution in [0.4, 0.5) is 11.4 Å². The molecule has 3 rings (SSSR count). The summed E-state index contributed by atoms with van der Waals surface area (Å²) in [5.41, 5.74) is 3.72. The molecule has 0 spiro atoms. The predicted molar refractivity (Wildman–Crippen MR) is 93.7 cm³/mol. The molecule has 0 saturated heterocycles. The SMILES string of the molecule is COC(=O)c1ccc(NC(=O)Cc2ccc3c(c2)CC(=O)N3C)cc1. The maximum Gasteiger partial charge on any atom is 0.337 e. The van der Waals surface area contributed by atoms with Crippen molar-refractivity contribution in [1.29, 1.82) is 0 Å². The first-order valence-electron chi connectivity index (χ1n) is 7.84. The van der Waals surface area contributed by atoms with Crippen molar-refractivity contribution < 1.29 is 19.1 Å². The van der Waals surface area contributed by atoms with Crippen molar-refractivity contribution in [2.75, 3.05) is 24.4 Å². The van der Waals surface area contributed by atoms with E-state index in [2.05, 4.69) is 10.1 Å². The number of esters is 1. The summed E-state index contributed by atoms with van der Waals surface area (Å²) in [5, 5.41) is 2.79. The van der Waals surface area contributed by atoms with Crippen LogP contribution in [-0.4, -0.2) is 31.9 Å². The molecular formula is C19H18N2O4. The second-order valence-corrected chi connectivity index (χ2v) is 5.89. The maximum absolute atomic E-state index is 12.2. The Morgan fingerprint density at radius 1 is 1.16 bits per heavy atom. The fourth-order valence-corrected chi connectivity index (χ4v) is 2.83. The number of likely N-dealkylation sites (N-methyl/N-ethyl adjacent to an activating group) is 1. The number of anilines is 2. The zero-order chi connectivity index (χ0) is 18.0. The van der Waals surface area contributed by atoms with Gasteiger partial charge in [-0.25, -0.2) is 4.79 Å². The number of methoxy groups -OCH3 is 1. The highest BCUT2D eigenvalue weighted by Gasteiger charge is 2.24. The number of amides is 2. The first-order valence-corrected chi connectivity index (χ1v) is 7.84. The van der Waals surface area contributed by atoms with Crippen molar-refractivity contribution in [3.05, 3.63) is 59.2 Å². The van der Waals surface area contributed by atoms with Gasteiger partial charge in [0.15, 0.2) is 0 Å². The van der Waals surface area contributed by atoms with Crippen molar-refractivity contribution in [3.8, 4) is 0 Å². The summed E-state index contributed by atoms with van der Waals surface area (Å²) in [7, 11) is 3.07. The van der Waals surface area contributed by atoms with Gasteiger partial charge in [0.1, 0.15) is 0 Å². The zero-order valence-electron chi connectivity index (χ0n) is 14.0. The van der Waals surface area contributed by atoms with Gasteiger partial charge in [0.25, 0.3) is 0 Å². The smallest absolute Gasteiger partial charge is 0.337 e. The summed E-state index contributed by atoms with van der Waals surface area (Å²) in [6.07, 6.45) is 0.584. The lowest BCUT2D eigenvalue weighted by Gasteiger charge is -2.11. The molecule has 0 saturated carbocycles. The summed E-state index contributed by atoms with van der Waals surface area (Å²) in [6.45, 7) is 0. The molecule has 6 nitrogen and oxygen atoms in total. The normalized spacial score (nSPS) is 12.7. The standard InChI is InChI=1S/C19H18N2O4/c1-21-16-8-3-12(9-14(16)11-18(21)23)10-17(22)20-15-6-4-13(5-7-15)19(24)25-2/h3-9H,10-11H2,1-2H3,(H,20,22).